The second-order valence-corrected chi connectivity index (χ2v) is 7.58. The van der Waals surface area contributed by atoms with Gasteiger partial charge in [0.25, 0.3) is 5.91 Å². The van der Waals surface area contributed by atoms with E-state index < -0.39 is 0 Å². The lowest BCUT2D eigenvalue weighted by molar-refractivity contribution is 0.0955. The van der Waals surface area contributed by atoms with Crippen LogP contribution in [0.3, 0.4) is 0 Å². The molecular formula is C22H17IN4O2. The van der Waals surface area contributed by atoms with Crippen molar-refractivity contribution >= 4 is 34.7 Å². The first kappa shape index (κ1) is 19.1. The van der Waals surface area contributed by atoms with E-state index in [4.69, 9.17) is 4.42 Å². The van der Waals surface area contributed by atoms with Crippen molar-refractivity contribution in [3.63, 3.8) is 0 Å². The van der Waals surface area contributed by atoms with Gasteiger partial charge in [0.2, 0.25) is 0 Å². The number of halogens is 1. The maximum absolute atomic E-state index is 12.3. The van der Waals surface area contributed by atoms with Crippen LogP contribution in [0.1, 0.15) is 21.7 Å². The van der Waals surface area contributed by atoms with E-state index in [1.54, 1.807) is 23.0 Å². The summed E-state index contributed by atoms with van der Waals surface area (Å²) in [5.41, 5.74) is 5.40. The predicted octanol–water partition coefficient (Wildman–Crippen LogP) is 4.81. The van der Waals surface area contributed by atoms with E-state index in [0.29, 0.717) is 17.0 Å². The Morgan fingerprint density at radius 2 is 1.86 bits per heavy atom. The number of carbonyl (C=O) groups is 1. The van der Waals surface area contributed by atoms with Gasteiger partial charge < -0.3 is 4.42 Å². The quantitative estimate of drug-likeness (QED) is 0.245. The number of rotatable bonds is 5. The van der Waals surface area contributed by atoms with Gasteiger partial charge in [-0.1, -0.05) is 18.2 Å². The summed E-state index contributed by atoms with van der Waals surface area (Å²) in [7, 11) is 0. The van der Waals surface area contributed by atoms with Gasteiger partial charge >= 0.3 is 0 Å². The minimum absolute atomic E-state index is 0.275. The van der Waals surface area contributed by atoms with Crippen LogP contribution in [0, 0.1) is 10.5 Å². The molecular weight excluding hydrogens is 479 g/mol. The third-order valence-electron chi connectivity index (χ3n) is 4.21. The molecule has 0 aliphatic carbocycles. The Balaban J connectivity index is 1.61. The number of hydrazone groups is 1. The van der Waals surface area contributed by atoms with Crippen molar-refractivity contribution in [2.45, 2.75) is 6.92 Å². The van der Waals surface area contributed by atoms with Crippen LogP contribution in [-0.4, -0.2) is 21.9 Å². The molecule has 0 saturated carbocycles. The smallest absolute Gasteiger partial charge is 0.271 e. The van der Waals surface area contributed by atoms with Gasteiger partial charge in [0, 0.05) is 20.9 Å². The van der Waals surface area contributed by atoms with Crippen molar-refractivity contribution in [3.05, 3.63) is 93.4 Å². The number of hydrogen-bond acceptors (Lipinski definition) is 4. The summed E-state index contributed by atoms with van der Waals surface area (Å²) in [4.78, 5) is 12.3. The second kappa shape index (κ2) is 8.44. The molecule has 0 aliphatic rings. The summed E-state index contributed by atoms with van der Waals surface area (Å²) in [6.07, 6.45) is 3.42. The van der Waals surface area contributed by atoms with E-state index in [-0.39, 0.29) is 5.91 Å². The van der Waals surface area contributed by atoms with E-state index in [1.165, 1.54) is 0 Å². The fraction of sp³-hybridized carbons (Fsp3) is 0.0455. The normalized spacial score (nSPS) is 11.1. The highest BCUT2D eigenvalue weighted by Gasteiger charge is 2.14. The topological polar surface area (TPSA) is 72.4 Å². The number of furan rings is 1. The molecule has 0 saturated heterocycles. The first-order valence-electron chi connectivity index (χ1n) is 8.91. The number of amides is 1. The van der Waals surface area contributed by atoms with Crippen molar-refractivity contribution in [2.24, 2.45) is 5.10 Å². The van der Waals surface area contributed by atoms with Gasteiger partial charge in [0.1, 0.15) is 11.5 Å². The molecule has 1 N–H and O–H groups in total. The average molecular weight is 496 g/mol. The maximum Gasteiger partial charge on any atom is 0.271 e. The lowest BCUT2D eigenvalue weighted by Gasteiger charge is -1.99. The van der Waals surface area contributed by atoms with Crippen molar-refractivity contribution in [1.29, 1.82) is 0 Å². The zero-order chi connectivity index (χ0) is 20.2. The minimum Gasteiger partial charge on any atom is -0.460 e. The largest absolute Gasteiger partial charge is 0.460 e. The summed E-state index contributed by atoms with van der Waals surface area (Å²) in [6.45, 7) is 1.88. The molecule has 0 unspecified atom stereocenters. The number of aryl methyl sites for hydroxylation is 1. The van der Waals surface area contributed by atoms with Gasteiger partial charge in [-0.15, -0.1) is 0 Å². The molecule has 0 spiro atoms. The Morgan fingerprint density at radius 3 is 2.55 bits per heavy atom. The lowest BCUT2D eigenvalue weighted by Crippen LogP contribution is -2.17. The summed E-state index contributed by atoms with van der Waals surface area (Å²) in [5.74, 6) is 1.16. The molecule has 7 heteroatoms. The number of para-hydroxylation sites is 1. The van der Waals surface area contributed by atoms with Crippen LogP contribution in [0.4, 0.5) is 0 Å². The summed E-state index contributed by atoms with van der Waals surface area (Å²) < 4.78 is 8.57. The molecule has 0 aliphatic heterocycles. The molecule has 4 rings (SSSR count). The van der Waals surface area contributed by atoms with Crippen molar-refractivity contribution in [3.8, 4) is 17.1 Å². The molecule has 29 heavy (non-hydrogen) atoms. The van der Waals surface area contributed by atoms with Gasteiger partial charge in [0.05, 0.1) is 11.9 Å². The van der Waals surface area contributed by atoms with E-state index in [2.05, 4.69) is 38.2 Å². The van der Waals surface area contributed by atoms with Gasteiger partial charge in [-0.2, -0.15) is 10.2 Å². The van der Waals surface area contributed by atoms with E-state index >= 15 is 0 Å². The van der Waals surface area contributed by atoms with Crippen LogP contribution in [0.2, 0.25) is 0 Å². The fourth-order valence-corrected chi connectivity index (χ4v) is 3.13. The molecule has 0 bridgehead atoms. The summed E-state index contributed by atoms with van der Waals surface area (Å²) >= 11 is 2.19. The molecule has 2 heterocycles. The predicted molar refractivity (Wildman–Crippen MR) is 120 cm³/mol. The highest BCUT2D eigenvalue weighted by atomic mass is 127. The first-order chi connectivity index (χ1) is 14.1. The molecule has 144 valence electrons. The molecule has 0 fully saturated rings. The van der Waals surface area contributed by atoms with Gasteiger partial charge in [-0.3, -0.25) is 4.79 Å². The fourth-order valence-electron chi connectivity index (χ4n) is 2.77. The number of aromatic nitrogens is 2. The van der Waals surface area contributed by atoms with Crippen LogP contribution >= 0.6 is 22.6 Å². The van der Waals surface area contributed by atoms with Gasteiger partial charge in [-0.25, -0.2) is 10.1 Å². The van der Waals surface area contributed by atoms with Gasteiger partial charge in [-0.05, 0) is 78.0 Å². The van der Waals surface area contributed by atoms with Crippen LogP contribution in [0.5, 0.6) is 0 Å². The number of nitrogens with zero attached hydrogens (tertiary/aromatic N) is 3. The second-order valence-electron chi connectivity index (χ2n) is 6.33. The monoisotopic (exact) mass is 496 g/mol. The lowest BCUT2D eigenvalue weighted by atomic mass is 10.2. The Kier molecular flexibility index (Phi) is 5.57. The minimum atomic E-state index is -0.275. The highest BCUT2D eigenvalue weighted by molar-refractivity contribution is 14.1. The van der Waals surface area contributed by atoms with Crippen molar-refractivity contribution in [1.82, 2.24) is 15.2 Å². The van der Waals surface area contributed by atoms with Crippen LogP contribution < -0.4 is 5.43 Å². The third-order valence-corrected chi connectivity index (χ3v) is 4.93. The Labute approximate surface area is 181 Å². The molecule has 0 atom stereocenters. The first-order valence-corrected chi connectivity index (χ1v) is 9.99. The maximum atomic E-state index is 12.3. The highest BCUT2D eigenvalue weighted by Crippen LogP contribution is 2.24. The average Bonchev–Trinajstić information content (AvgIpc) is 3.35. The van der Waals surface area contributed by atoms with Crippen LogP contribution in [0.15, 0.2) is 82.4 Å². The number of carbonyl (C=O) groups excluding carboxylic acids is 1. The SMILES string of the molecule is Cc1ccc(-c2nn(-c3ccccc3)cc2/C=N\NC(=O)c2ccc(I)cc2)o1. The zero-order valence-corrected chi connectivity index (χ0v) is 17.7. The molecule has 1 amide bonds. The summed E-state index contributed by atoms with van der Waals surface area (Å²) in [6, 6.07) is 20.8. The molecule has 4 aromatic rings. The summed E-state index contributed by atoms with van der Waals surface area (Å²) in [5, 5.41) is 8.77. The van der Waals surface area contributed by atoms with Gasteiger partial charge in [0.15, 0.2) is 5.76 Å². The molecule has 2 aromatic carbocycles. The van der Waals surface area contributed by atoms with E-state index in [1.807, 2.05) is 67.7 Å². The Bertz CT molecular complexity index is 1160. The Hall–Kier alpha value is -3.20. The van der Waals surface area contributed by atoms with Crippen LogP contribution in [0.25, 0.3) is 17.1 Å². The molecule has 0 radical (unpaired) electrons. The van der Waals surface area contributed by atoms with Crippen LogP contribution in [-0.2, 0) is 0 Å². The molecule has 6 nitrogen and oxygen atoms in total. The molecule has 2 aromatic heterocycles. The number of nitrogens with one attached hydrogen (secondary N) is 1. The van der Waals surface area contributed by atoms with Crippen molar-refractivity contribution < 1.29 is 9.21 Å². The van der Waals surface area contributed by atoms with Crippen molar-refractivity contribution in [2.75, 3.05) is 0 Å². The van der Waals surface area contributed by atoms with E-state index in [9.17, 15) is 4.79 Å². The number of hydrogen-bond donors (Lipinski definition) is 1. The standard InChI is InChI=1S/C22H17IN4O2/c1-15-7-12-20(29-15)21-17(14-27(26-21)19-5-3-2-4-6-19)13-24-25-22(28)16-8-10-18(23)11-9-16/h2-14H,1H3,(H,25,28)/b24-13-. The number of benzene rings is 2. The Morgan fingerprint density at radius 1 is 1.10 bits per heavy atom. The van der Waals surface area contributed by atoms with E-state index in [0.717, 1.165) is 20.6 Å². The third kappa shape index (κ3) is 4.45. The zero-order valence-electron chi connectivity index (χ0n) is 15.5.